The van der Waals surface area contributed by atoms with Gasteiger partial charge in [0.2, 0.25) is 11.6 Å². The third-order valence-corrected chi connectivity index (χ3v) is 14.4. The first-order valence-electron chi connectivity index (χ1n) is 20.0. The number of aromatic nitrogens is 3. The summed E-state index contributed by atoms with van der Waals surface area (Å²) in [4.78, 5) is 90.6. The molecule has 1 aliphatic heterocycles. The van der Waals surface area contributed by atoms with Crippen LogP contribution in [0.1, 0.15) is 75.4 Å². The molecule has 1 aromatic carbocycles. The highest BCUT2D eigenvalue weighted by molar-refractivity contribution is 7.85. The van der Waals surface area contributed by atoms with E-state index in [0.29, 0.717) is 42.5 Å². The third kappa shape index (κ3) is 15.3. The van der Waals surface area contributed by atoms with Crippen molar-refractivity contribution in [2.24, 2.45) is 0 Å². The van der Waals surface area contributed by atoms with Crippen LogP contribution in [0.3, 0.4) is 0 Å². The smallest absolute Gasteiger partial charge is 0.422 e. The summed E-state index contributed by atoms with van der Waals surface area (Å²) in [6, 6.07) is 10.1. The molecule has 66 heavy (non-hydrogen) atoms. The van der Waals surface area contributed by atoms with Gasteiger partial charge >= 0.3 is 34.8 Å². The maximum absolute atomic E-state index is 12.9. The fourth-order valence-corrected chi connectivity index (χ4v) is 10.2. The minimum atomic E-state index is -5.72. The molecule has 2 unspecified atom stereocenters. The second-order valence-electron chi connectivity index (χ2n) is 14.5. The largest absolute Gasteiger partial charge is 0.490 e. The van der Waals surface area contributed by atoms with Crippen LogP contribution in [0.25, 0.3) is 23.1 Å². The molecule has 4 atom stereocenters. The van der Waals surface area contributed by atoms with E-state index in [4.69, 9.17) is 18.9 Å². The van der Waals surface area contributed by atoms with E-state index in [-0.39, 0.29) is 47.7 Å². The van der Waals surface area contributed by atoms with Crippen molar-refractivity contribution in [1.82, 2.24) is 14.9 Å². The molecule has 28 heteroatoms. The van der Waals surface area contributed by atoms with E-state index in [0.717, 1.165) is 29.5 Å². The van der Waals surface area contributed by atoms with Gasteiger partial charge in [0.25, 0.3) is 15.7 Å². The minimum Gasteiger partial charge on any atom is -0.422 e. The third-order valence-electron chi connectivity index (χ3n) is 9.74. The molecule has 4 aromatic rings. The first kappa shape index (κ1) is 52.1. The highest BCUT2D eigenvalue weighted by Gasteiger charge is 2.41. The number of ether oxygens (including phenoxy) is 1. The van der Waals surface area contributed by atoms with Gasteiger partial charge in [-0.3, -0.25) is 28.2 Å². The van der Waals surface area contributed by atoms with Crippen LogP contribution in [0.5, 0.6) is 0 Å². The number of pyridine rings is 1. The molecule has 0 radical (unpaired) electrons. The number of rotatable bonds is 21. The fourth-order valence-electron chi connectivity index (χ4n) is 6.62. The Kier molecular flexibility index (Phi) is 17.6. The van der Waals surface area contributed by atoms with Gasteiger partial charge in [0.05, 0.1) is 24.8 Å². The maximum Gasteiger partial charge on any atom is 0.490 e. The normalized spacial score (nSPS) is 17.3. The molecule has 7 N–H and O–H groups in total. The second kappa shape index (κ2) is 22.3. The number of hydrogen-bond acceptors (Lipinski definition) is 15. The van der Waals surface area contributed by atoms with Gasteiger partial charge in [0.1, 0.15) is 23.9 Å². The number of nitrogens with zero attached hydrogens (tertiary/aromatic N) is 3. The maximum atomic E-state index is 12.9. The molecule has 0 saturated carbocycles. The minimum absolute atomic E-state index is 0.103. The van der Waals surface area contributed by atoms with Gasteiger partial charge in [0.15, 0.2) is 11.1 Å². The van der Waals surface area contributed by atoms with Crippen LogP contribution in [0.2, 0.25) is 0 Å². The topological polar surface area (TPSA) is 345 Å². The van der Waals surface area contributed by atoms with Crippen molar-refractivity contribution in [2.45, 2.75) is 76.1 Å². The van der Waals surface area contributed by atoms with Crippen molar-refractivity contribution < 1.29 is 77.9 Å². The van der Waals surface area contributed by atoms with E-state index in [9.17, 15) is 55.6 Å². The monoisotopic (exact) mass is 1000 g/mol. The van der Waals surface area contributed by atoms with Crippen molar-refractivity contribution in [3.63, 3.8) is 0 Å². The molecule has 1 aliphatic rings. The number of phosphoric acid groups is 3. The number of carbonyl (C=O) groups is 1. The number of aromatic amines is 1. The quantitative estimate of drug-likeness (QED) is 0.0158. The number of amides is 1. The summed E-state index contributed by atoms with van der Waals surface area (Å²) in [6.07, 6.45) is 5.37. The fraction of sp³-hybridized carbons (Fsp3) is 0.395. The van der Waals surface area contributed by atoms with E-state index in [2.05, 4.69) is 40.2 Å². The number of unbranched alkanes of at least 4 members (excludes halogenated alkanes) is 2. The van der Waals surface area contributed by atoms with E-state index in [1.165, 1.54) is 18.3 Å². The molecule has 5 rings (SSSR count). The Morgan fingerprint density at radius 2 is 1.74 bits per heavy atom. The zero-order chi connectivity index (χ0) is 48.5. The standard InChI is InChI=1S/C38H46N5O19P3S/c1-3-41(4-2)30-14-11-26-21-27(37(46)60-33(26)22-30)12-13-29-15-17-32(66(55,56)57)24-42(29)20-7-5-6-10-34(44)39-19-8-9-28-23-43(38(47)40-36(28)45)35-18-16-31(59-35)25-58-64(51,52)62-65(53,54)61-63(48,49)50/h11-15,17,21-24,31,35H,3-7,10,16,18-20,25H2,1-2H3,(H6-,39,40,44,45,47,48,49,50,51,52,53,54,55,56,57)/p+1/t31-,35+/m0/s1. The summed E-state index contributed by atoms with van der Waals surface area (Å²) in [7, 11) is -21.2. The van der Waals surface area contributed by atoms with Crippen molar-refractivity contribution in [3.8, 4) is 11.8 Å². The summed E-state index contributed by atoms with van der Waals surface area (Å²) < 4.78 is 93.7. The first-order valence-corrected chi connectivity index (χ1v) is 26.0. The van der Waals surface area contributed by atoms with Gasteiger partial charge in [-0.25, -0.2) is 23.3 Å². The van der Waals surface area contributed by atoms with Gasteiger partial charge in [-0.1, -0.05) is 11.8 Å². The predicted molar refractivity (Wildman–Crippen MR) is 234 cm³/mol. The van der Waals surface area contributed by atoms with Gasteiger partial charge in [-0.2, -0.15) is 21.6 Å². The lowest BCUT2D eigenvalue weighted by Gasteiger charge is -2.20. The molecule has 4 heterocycles. The highest BCUT2D eigenvalue weighted by Crippen LogP contribution is 2.66. The highest BCUT2D eigenvalue weighted by atomic mass is 32.2. The van der Waals surface area contributed by atoms with E-state index in [1.54, 1.807) is 22.8 Å². The van der Waals surface area contributed by atoms with E-state index < -0.39 is 69.4 Å². The number of phosphoric ester groups is 1. The summed E-state index contributed by atoms with van der Waals surface area (Å²) in [5, 5.41) is 3.32. The molecule has 1 fully saturated rings. The Bertz CT molecular complexity index is 2970. The number of fused-ring (bicyclic) bond motifs is 1. The molecule has 1 amide bonds. The zero-order valence-electron chi connectivity index (χ0n) is 35.2. The van der Waals surface area contributed by atoms with Crippen molar-refractivity contribution in [2.75, 3.05) is 31.1 Å². The summed E-state index contributed by atoms with van der Waals surface area (Å²) in [5.74, 6) is 4.83. The molecular formula is C38H47N5O19P3S+. The molecular weight excluding hydrogens is 955 g/mol. The average molecular weight is 1000 g/mol. The van der Waals surface area contributed by atoms with E-state index in [1.807, 2.05) is 32.0 Å². The lowest BCUT2D eigenvalue weighted by atomic mass is 10.1. The van der Waals surface area contributed by atoms with Crippen LogP contribution in [0.4, 0.5) is 5.69 Å². The van der Waals surface area contributed by atoms with Crippen LogP contribution in [-0.2, 0) is 53.0 Å². The zero-order valence-corrected chi connectivity index (χ0v) is 38.7. The average Bonchev–Trinajstić information content (AvgIpc) is 3.69. The summed E-state index contributed by atoms with van der Waals surface area (Å²) >= 11 is 0. The van der Waals surface area contributed by atoms with Gasteiger partial charge in [0, 0.05) is 61.4 Å². The number of aryl methyl sites for hydroxylation is 1. The summed E-state index contributed by atoms with van der Waals surface area (Å²) in [5.41, 5.74) is -0.285. The van der Waals surface area contributed by atoms with Crippen LogP contribution >= 0.6 is 23.5 Å². The number of carbonyl (C=O) groups excluding carboxylic acids is 1. The molecule has 0 spiro atoms. The van der Waals surface area contributed by atoms with Crippen LogP contribution < -0.4 is 31.7 Å². The number of hydrogen-bond donors (Lipinski definition) is 7. The molecule has 3 aromatic heterocycles. The van der Waals surface area contributed by atoms with Gasteiger partial charge in [-0.15, -0.1) is 0 Å². The Morgan fingerprint density at radius 1 is 1.00 bits per heavy atom. The number of nitrogens with one attached hydrogen (secondary N) is 2. The first-order chi connectivity index (χ1) is 31.0. The molecule has 0 aliphatic carbocycles. The molecule has 358 valence electrons. The Labute approximate surface area is 376 Å². The summed E-state index contributed by atoms with van der Waals surface area (Å²) in [6.45, 7) is 5.02. The SMILES string of the molecule is CCN(CC)c1ccc2cc(/C=C/c3ccc(S(=O)(=O)O)c[n+]3CCCCCC(=O)NCC#Cc3cn([C@H]4CC[C@@H](COP(=O)(O)OP(=O)(O)OP(=O)(O)O)O4)c(=O)[nH]c3=O)c(=O)oc2c1. The number of benzene rings is 1. The van der Waals surface area contributed by atoms with Crippen molar-refractivity contribution in [3.05, 3.63) is 96.9 Å². The lowest BCUT2D eigenvalue weighted by Crippen LogP contribution is -2.37. The van der Waals surface area contributed by atoms with Crippen LogP contribution in [-0.4, -0.2) is 80.3 Å². The van der Waals surface area contributed by atoms with Crippen LogP contribution in [0.15, 0.2) is 72.5 Å². The number of anilines is 1. The van der Waals surface area contributed by atoms with Gasteiger partial charge in [-0.05, 0) is 69.9 Å². The number of H-pyrrole nitrogens is 1. The Morgan fingerprint density at radius 3 is 2.44 bits per heavy atom. The van der Waals surface area contributed by atoms with Crippen molar-refractivity contribution in [1.29, 1.82) is 0 Å². The molecule has 0 bridgehead atoms. The van der Waals surface area contributed by atoms with E-state index >= 15 is 0 Å². The lowest BCUT2D eigenvalue weighted by molar-refractivity contribution is -0.700. The Balaban J connectivity index is 1.11. The predicted octanol–water partition coefficient (Wildman–Crippen LogP) is 2.94. The van der Waals surface area contributed by atoms with Crippen LogP contribution in [0, 0.1) is 11.8 Å². The Hall–Kier alpha value is -4.89. The second-order valence-corrected chi connectivity index (χ2v) is 20.3. The van der Waals surface area contributed by atoms with Gasteiger partial charge < -0.3 is 38.9 Å². The molecule has 24 nitrogen and oxygen atoms in total. The molecule has 1 saturated heterocycles. The van der Waals surface area contributed by atoms with Crippen molar-refractivity contribution >= 4 is 68.3 Å².